The predicted octanol–water partition coefficient (Wildman–Crippen LogP) is 12.6. The van der Waals surface area contributed by atoms with Gasteiger partial charge in [-0.3, -0.25) is 4.57 Å². The van der Waals surface area contributed by atoms with Crippen LogP contribution in [0.2, 0.25) is 0 Å². The molecule has 2 atom stereocenters. The van der Waals surface area contributed by atoms with Gasteiger partial charge in [-0.05, 0) is 128 Å². The second kappa shape index (κ2) is 11.7. The maximum absolute atomic E-state index is 7.14. The quantitative estimate of drug-likeness (QED) is 0.181. The number of rotatable bonds is 4. The van der Waals surface area contributed by atoms with Crippen LogP contribution in [0.1, 0.15) is 98.9 Å². The SMILES string of the molecule is Cc1ccc2c(c1)c1ccc(-n3c4ccc(C(C)C)cc4c4cccnc43)cc1n2-c1cc(C2=N[C@]3(C)Cc4c(C(C)(C)C)cccc4[C@]3(C)O2)c(C)cc1C. The Bertz CT molecular complexity index is 3000. The van der Waals surface area contributed by atoms with Crippen LogP contribution in [0.3, 0.4) is 0 Å². The fourth-order valence-electron chi connectivity index (χ4n) is 9.91. The lowest BCUT2D eigenvalue weighted by Gasteiger charge is -2.31. The molecule has 1 aliphatic heterocycles. The number of hydrogen-bond donors (Lipinski definition) is 0. The average molecular weight is 735 g/mol. The molecule has 0 fully saturated rings. The first-order valence-corrected chi connectivity index (χ1v) is 20.1. The minimum Gasteiger partial charge on any atom is -0.464 e. The summed E-state index contributed by atoms with van der Waals surface area (Å²) in [5.41, 5.74) is 15.8. The van der Waals surface area contributed by atoms with Gasteiger partial charge in [0.05, 0.1) is 16.6 Å². The fourth-order valence-corrected chi connectivity index (χ4v) is 9.91. The summed E-state index contributed by atoms with van der Waals surface area (Å²) >= 11 is 0. The van der Waals surface area contributed by atoms with Crippen molar-refractivity contribution in [2.45, 2.75) is 98.1 Å². The molecule has 0 radical (unpaired) electrons. The Balaban J connectivity index is 1.17. The number of fused-ring (bicyclic) bond motifs is 9. The predicted molar refractivity (Wildman–Crippen MR) is 233 cm³/mol. The second-order valence-corrected chi connectivity index (χ2v) is 18.2. The zero-order valence-corrected chi connectivity index (χ0v) is 34.3. The third-order valence-electron chi connectivity index (χ3n) is 13.1. The van der Waals surface area contributed by atoms with Crippen molar-refractivity contribution in [3.05, 3.63) is 148 Å². The molecule has 56 heavy (non-hydrogen) atoms. The Morgan fingerprint density at radius 2 is 1.48 bits per heavy atom. The van der Waals surface area contributed by atoms with Crippen LogP contribution >= 0.6 is 0 Å². The van der Waals surface area contributed by atoms with Crippen LogP contribution in [0.25, 0.3) is 55.1 Å². The van der Waals surface area contributed by atoms with Crippen molar-refractivity contribution in [1.82, 2.24) is 14.1 Å². The minimum absolute atomic E-state index is 0.0434. The van der Waals surface area contributed by atoms with Crippen molar-refractivity contribution in [2.75, 3.05) is 0 Å². The van der Waals surface area contributed by atoms with Crippen molar-refractivity contribution < 1.29 is 4.74 Å². The largest absolute Gasteiger partial charge is 0.464 e. The maximum Gasteiger partial charge on any atom is 0.218 e. The zero-order chi connectivity index (χ0) is 39.1. The standard InChI is InChI=1S/C51H50N4O/c1-29(2)33-17-21-43-39(25-33)36-13-12-22-52-47(36)54(43)34-18-19-35-38-23-30(3)16-20-44(38)55(46(35)26-34)45-27-37(31(4)24-32(45)5)48-53-50(9)28-40-41(49(6,7)8)14-11-15-42(40)51(50,10)56-48/h11-27,29H,28H2,1-10H3/t50-,51+/m1/s1. The molecule has 4 heterocycles. The van der Waals surface area contributed by atoms with Crippen LogP contribution in [-0.2, 0) is 22.2 Å². The number of pyridine rings is 1. The molecule has 0 saturated heterocycles. The van der Waals surface area contributed by atoms with Gasteiger partial charge in [0.25, 0.3) is 0 Å². The summed E-state index contributed by atoms with van der Waals surface area (Å²) < 4.78 is 11.9. The van der Waals surface area contributed by atoms with Gasteiger partial charge in [0.2, 0.25) is 5.90 Å². The topological polar surface area (TPSA) is 44.3 Å². The summed E-state index contributed by atoms with van der Waals surface area (Å²) in [5, 5.41) is 4.86. The van der Waals surface area contributed by atoms with Crippen LogP contribution in [0.15, 0.2) is 108 Å². The molecule has 10 rings (SSSR count). The van der Waals surface area contributed by atoms with E-state index < -0.39 is 11.1 Å². The highest BCUT2D eigenvalue weighted by Gasteiger charge is 2.59. The molecule has 5 heteroatoms. The van der Waals surface area contributed by atoms with E-state index in [1.165, 1.54) is 60.4 Å². The van der Waals surface area contributed by atoms with Gasteiger partial charge >= 0.3 is 0 Å². The summed E-state index contributed by atoms with van der Waals surface area (Å²) in [6, 6.07) is 36.2. The molecule has 5 nitrogen and oxygen atoms in total. The first-order valence-electron chi connectivity index (χ1n) is 20.1. The monoisotopic (exact) mass is 734 g/mol. The lowest BCUT2D eigenvalue weighted by Crippen LogP contribution is -2.40. The van der Waals surface area contributed by atoms with Gasteiger partial charge in [0.15, 0.2) is 5.60 Å². The highest BCUT2D eigenvalue weighted by Crippen LogP contribution is 2.55. The molecule has 0 unspecified atom stereocenters. The number of aliphatic imine (C=N–C) groups is 1. The van der Waals surface area contributed by atoms with E-state index >= 15 is 0 Å². The van der Waals surface area contributed by atoms with Crippen LogP contribution in [-0.4, -0.2) is 25.6 Å². The maximum atomic E-state index is 7.14. The van der Waals surface area contributed by atoms with Crippen molar-refractivity contribution >= 4 is 49.6 Å². The number of aromatic nitrogens is 3. The van der Waals surface area contributed by atoms with E-state index in [9.17, 15) is 0 Å². The van der Waals surface area contributed by atoms with E-state index in [1.807, 2.05) is 12.3 Å². The lowest BCUT2D eigenvalue weighted by atomic mass is 9.82. The number of benzene rings is 5. The molecule has 3 aromatic heterocycles. The van der Waals surface area contributed by atoms with Gasteiger partial charge in [-0.1, -0.05) is 82.6 Å². The third kappa shape index (κ3) is 4.79. The van der Waals surface area contributed by atoms with Crippen LogP contribution < -0.4 is 0 Å². The zero-order valence-electron chi connectivity index (χ0n) is 34.3. The Morgan fingerprint density at radius 1 is 0.714 bits per heavy atom. The van der Waals surface area contributed by atoms with Crippen molar-refractivity contribution in [1.29, 1.82) is 0 Å². The first-order chi connectivity index (χ1) is 26.7. The molecular weight excluding hydrogens is 685 g/mol. The van der Waals surface area contributed by atoms with Gasteiger partial charge in [-0.15, -0.1) is 0 Å². The molecule has 0 N–H and O–H groups in total. The Kier molecular flexibility index (Phi) is 7.25. The van der Waals surface area contributed by atoms with E-state index in [4.69, 9.17) is 14.7 Å². The Labute approximate surface area is 329 Å². The lowest BCUT2D eigenvalue weighted by molar-refractivity contribution is 0.0450. The first kappa shape index (κ1) is 34.8. The van der Waals surface area contributed by atoms with E-state index in [0.717, 1.165) is 51.5 Å². The van der Waals surface area contributed by atoms with Gasteiger partial charge in [0, 0.05) is 56.7 Å². The molecule has 0 spiro atoms. The van der Waals surface area contributed by atoms with Gasteiger partial charge < -0.3 is 9.30 Å². The van der Waals surface area contributed by atoms with Crippen LogP contribution in [0.4, 0.5) is 0 Å². The molecule has 1 aliphatic carbocycles. The Hall–Kier alpha value is -5.68. The molecule has 2 aliphatic rings. The summed E-state index contributed by atoms with van der Waals surface area (Å²) in [6.45, 7) is 22.5. The molecule has 0 saturated carbocycles. The molecular formula is C51H50N4O. The molecule has 280 valence electrons. The van der Waals surface area contributed by atoms with E-state index in [1.54, 1.807) is 0 Å². The molecule has 5 aromatic carbocycles. The summed E-state index contributed by atoms with van der Waals surface area (Å²) in [7, 11) is 0. The number of hydrogen-bond acceptors (Lipinski definition) is 3. The molecule has 0 bridgehead atoms. The van der Waals surface area contributed by atoms with Gasteiger partial charge in [0.1, 0.15) is 11.2 Å². The number of aryl methyl sites for hydroxylation is 3. The van der Waals surface area contributed by atoms with Crippen LogP contribution in [0, 0.1) is 20.8 Å². The smallest absolute Gasteiger partial charge is 0.218 e. The number of nitrogens with zero attached hydrogens (tertiary/aromatic N) is 4. The molecule has 8 aromatic rings. The molecule has 0 amide bonds. The van der Waals surface area contributed by atoms with Crippen molar-refractivity contribution in [3.8, 4) is 11.4 Å². The Morgan fingerprint density at radius 3 is 2.27 bits per heavy atom. The highest BCUT2D eigenvalue weighted by atomic mass is 16.5. The van der Waals surface area contributed by atoms with Gasteiger partial charge in [-0.2, -0.15) is 0 Å². The highest BCUT2D eigenvalue weighted by molar-refractivity contribution is 6.12. The summed E-state index contributed by atoms with van der Waals surface area (Å²) in [5.74, 6) is 1.17. The minimum atomic E-state index is -0.554. The van der Waals surface area contributed by atoms with E-state index in [2.05, 4.69) is 169 Å². The van der Waals surface area contributed by atoms with Crippen molar-refractivity contribution in [3.63, 3.8) is 0 Å². The fraction of sp³-hybridized carbons (Fsp3) is 0.294. The van der Waals surface area contributed by atoms with Crippen molar-refractivity contribution in [2.24, 2.45) is 4.99 Å². The van der Waals surface area contributed by atoms with Crippen LogP contribution in [0.5, 0.6) is 0 Å². The van der Waals surface area contributed by atoms with E-state index in [0.29, 0.717) is 5.92 Å². The second-order valence-electron chi connectivity index (χ2n) is 18.2. The van der Waals surface area contributed by atoms with E-state index in [-0.39, 0.29) is 5.41 Å². The average Bonchev–Trinajstić information content (AvgIpc) is 3.80. The number of ether oxygens (including phenoxy) is 1. The normalized spacial score (nSPS) is 19.4. The summed E-state index contributed by atoms with van der Waals surface area (Å²) in [4.78, 5) is 10.5. The summed E-state index contributed by atoms with van der Waals surface area (Å²) in [6.07, 6.45) is 2.76. The third-order valence-corrected chi connectivity index (χ3v) is 13.1. The van der Waals surface area contributed by atoms with Gasteiger partial charge in [-0.25, -0.2) is 9.98 Å².